The smallest absolute Gasteiger partial charge is 0.267 e. The lowest BCUT2D eigenvalue weighted by molar-refractivity contribution is 0.955. The Morgan fingerprint density at radius 3 is 2.76 bits per heavy atom. The summed E-state index contributed by atoms with van der Waals surface area (Å²) in [7, 11) is 0. The quantitative estimate of drug-likeness (QED) is 0.541. The van der Waals surface area contributed by atoms with Gasteiger partial charge < -0.3 is 0 Å². The number of nitrogens with two attached hydrogens (primary N) is 1. The van der Waals surface area contributed by atoms with Crippen molar-refractivity contribution in [1.29, 1.82) is 0 Å². The number of aromatic nitrogens is 2. The zero-order valence-corrected chi connectivity index (χ0v) is 13.0. The van der Waals surface area contributed by atoms with Crippen LogP contribution < -0.4 is 16.8 Å². The van der Waals surface area contributed by atoms with E-state index in [2.05, 4.69) is 26.3 Å². The Labute approximate surface area is 133 Å². The Morgan fingerprint density at radius 2 is 2.05 bits per heavy atom. The van der Waals surface area contributed by atoms with Crippen LogP contribution >= 0.6 is 27.5 Å². The van der Waals surface area contributed by atoms with Gasteiger partial charge >= 0.3 is 0 Å². The third-order valence-electron chi connectivity index (χ3n) is 3.03. The van der Waals surface area contributed by atoms with Crippen LogP contribution in [-0.4, -0.2) is 9.55 Å². The highest BCUT2D eigenvalue weighted by atomic mass is 79.9. The minimum Gasteiger partial charge on any atom is -0.293 e. The normalized spacial score (nSPS) is 10.8. The first-order valence-corrected chi connectivity index (χ1v) is 7.22. The van der Waals surface area contributed by atoms with Gasteiger partial charge in [-0.2, -0.15) is 0 Å². The molecule has 0 saturated carbocycles. The van der Waals surface area contributed by atoms with Crippen molar-refractivity contribution >= 4 is 44.4 Å². The van der Waals surface area contributed by atoms with E-state index in [0.717, 1.165) is 4.47 Å². The fraction of sp³-hybridized carbons (Fsp3) is 0. The van der Waals surface area contributed by atoms with Crippen LogP contribution in [-0.2, 0) is 0 Å². The molecule has 3 N–H and O–H groups in total. The van der Waals surface area contributed by atoms with Gasteiger partial charge in [-0.25, -0.2) is 15.4 Å². The number of fused-ring (bicyclic) bond motifs is 1. The fourth-order valence-electron chi connectivity index (χ4n) is 2.11. The first-order chi connectivity index (χ1) is 10.1. The molecule has 5 nitrogen and oxygen atoms in total. The maximum absolute atomic E-state index is 12.7. The van der Waals surface area contributed by atoms with Crippen LogP contribution in [0.1, 0.15) is 0 Å². The van der Waals surface area contributed by atoms with E-state index in [9.17, 15) is 4.79 Å². The molecule has 106 valence electrons. The monoisotopic (exact) mass is 364 g/mol. The van der Waals surface area contributed by atoms with Crippen molar-refractivity contribution in [3.63, 3.8) is 0 Å². The SMILES string of the molecule is NNc1nc2cc(Br)ccc2c(=O)n1-c1cccc(Cl)c1. The Balaban J connectivity index is 2.39. The largest absolute Gasteiger partial charge is 0.293 e. The van der Waals surface area contributed by atoms with Gasteiger partial charge in [-0.05, 0) is 36.4 Å². The van der Waals surface area contributed by atoms with Crippen LogP contribution in [0.5, 0.6) is 0 Å². The summed E-state index contributed by atoms with van der Waals surface area (Å²) in [5, 5.41) is 1.02. The van der Waals surface area contributed by atoms with Gasteiger partial charge in [0.15, 0.2) is 0 Å². The van der Waals surface area contributed by atoms with Crippen molar-refractivity contribution in [3.8, 4) is 5.69 Å². The lowest BCUT2D eigenvalue weighted by Crippen LogP contribution is -2.26. The molecule has 0 aliphatic heterocycles. The second-order valence-corrected chi connectivity index (χ2v) is 5.71. The molecule has 0 saturated heterocycles. The van der Waals surface area contributed by atoms with Crippen LogP contribution in [0, 0.1) is 0 Å². The highest BCUT2D eigenvalue weighted by Crippen LogP contribution is 2.20. The molecule has 7 heteroatoms. The number of nitrogens with zero attached hydrogens (tertiary/aromatic N) is 2. The highest BCUT2D eigenvalue weighted by molar-refractivity contribution is 9.10. The van der Waals surface area contributed by atoms with Gasteiger partial charge in [0, 0.05) is 9.50 Å². The molecule has 0 atom stereocenters. The molecular formula is C14H10BrClN4O. The number of benzene rings is 2. The van der Waals surface area contributed by atoms with Gasteiger partial charge in [0.1, 0.15) is 0 Å². The Kier molecular flexibility index (Phi) is 3.67. The molecule has 21 heavy (non-hydrogen) atoms. The van der Waals surface area contributed by atoms with Gasteiger partial charge in [0.2, 0.25) is 5.95 Å². The van der Waals surface area contributed by atoms with E-state index in [0.29, 0.717) is 21.6 Å². The number of hydrazine groups is 1. The van der Waals surface area contributed by atoms with Gasteiger partial charge in [-0.3, -0.25) is 10.2 Å². The third-order valence-corrected chi connectivity index (χ3v) is 3.76. The summed E-state index contributed by atoms with van der Waals surface area (Å²) in [6.45, 7) is 0. The first-order valence-electron chi connectivity index (χ1n) is 6.05. The molecule has 1 heterocycles. The van der Waals surface area contributed by atoms with Crippen molar-refractivity contribution < 1.29 is 0 Å². The molecule has 0 spiro atoms. The molecule has 3 rings (SSSR count). The molecule has 1 aromatic heterocycles. The molecule has 0 aliphatic rings. The lowest BCUT2D eigenvalue weighted by atomic mass is 10.2. The first kappa shape index (κ1) is 14.1. The van der Waals surface area contributed by atoms with E-state index in [4.69, 9.17) is 17.4 Å². The Morgan fingerprint density at radius 1 is 1.24 bits per heavy atom. The second-order valence-electron chi connectivity index (χ2n) is 4.36. The van der Waals surface area contributed by atoms with E-state index in [1.54, 1.807) is 42.5 Å². The van der Waals surface area contributed by atoms with Crippen molar-refractivity contribution in [1.82, 2.24) is 9.55 Å². The molecule has 2 aromatic carbocycles. The molecule has 0 radical (unpaired) electrons. The summed E-state index contributed by atoms with van der Waals surface area (Å²) in [5.74, 6) is 5.75. The van der Waals surface area contributed by atoms with E-state index in [1.165, 1.54) is 4.57 Å². The highest BCUT2D eigenvalue weighted by Gasteiger charge is 2.12. The molecule has 0 amide bonds. The molecule has 3 aromatic rings. The predicted molar refractivity (Wildman–Crippen MR) is 87.9 cm³/mol. The average molecular weight is 366 g/mol. The summed E-state index contributed by atoms with van der Waals surface area (Å²) in [5.41, 5.74) is 3.39. The van der Waals surface area contributed by atoms with E-state index >= 15 is 0 Å². The van der Waals surface area contributed by atoms with Crippen LogP contribution in [0.4, 0.5) is 5.95 Å². The maximum atomic E-state index is 12.7. The van der Waals surface area contributed by atoms with Crippen LogP contribution in [0.2, 0.25) is 5.02 Å². The lowest BCUT2D eigenvalue weighted by Gasteiger charge is -2.13. The van der Waals surface area contributed by atoms with Crippen LogP contribution in [0.15, 0.2) is 51.7 Å². The van der Waals surface area contributed by atoms with Gasteiger partial charge in [-0.1, -0.05) is 33.6 Å². The Bertz CT molecular complexity index is 894. The van der Waals surface area contributed by atoms with E-state index in [1.807, 2.05) is 0 Å². The summed E-state index contributed by atoms with van der Waals surface area (Å²) in [4.78, 5) is 17.1. The van der Waals surface area contributed by atoms with Crippen molar-refractivity contribution in [2.45, 2.75) is 0 Å². The standard InChI is InChI=1S/C14H10BrClN4O/c15-8-4-5-11-12(6-8)18-14(19-17)20(13(11)21)10-3-1-2-9(16)7-10/h1-7H,17H2,(H,18,19). The van der Waals surface area contributed by atoms with Crippen LogP contribution in [0.3, 0.4) is 0 Å². The molecule has 0 fully saturated rings. The molecule has 0 bridgehead atoms. The molecule has 0 unspecified atom stereocenters. The number of hydrogen-bond donors (Lipinski definition) is 2. The van der Waals surface area contributed by atoms with Gasteiger partial charge in [0.25, 0.3) is 5.56 Å². The predicted octanol–water partition coefficient (Wildman–Crippen LogP) is 3.09. The summed E-state index contributed by atoms with van der Waals surface area (Å²) in [6.07, 6.45) is 0. The molecular weight excluding hydrogens is 356 g/mol. The van der Waals surface area contributed by atoms with Crippen molar-refractivity contribution in [2.75, 3.05) is 5.43 Å². The van der Waals surface area contributed by atoms with E-state index in [-0.39, 0.29) is 11.5 Å². The van der Waals surface area contributed by atoms with Crippen molar-refractivity contribution in [3.05, 3.63) is 62.3 Å². The zero-order chi connectivity index (χ0) is 15.0. The minimum absolute atomic E-state index is 0.220. The number of hydrogen-bond acceptors (Lipinski definition) is 4. The summed E-state index contributed by atoms with van der Waals surface area (Å²) >= 11 is 9.35. The third kappa shape index (κ3) is 2.53. The van der Waals surface area contributed by atoms with Gasteiger partial charge in [0.05, 0.1) is 16.6 Å². The topological polar surface area (TPSA) is 72.9 Å². The summed E-state index contributed by atoms with van der Waals surface area (Å²) in [6, 6.07) is 12.2. The van der Waals surface area contributed by atoms with E-state index < -0.39 is 0 Å². The number of nitrogen functional groups attached to an aromatic ring is 1. The summed E-state index contributed by atoms with van der Waals surface area (Å²) < 4.78 is 2.23. The Hall–Kier alpha value is -1.89. The fourth-order valence-corrected chi connectivity index (χ4v) is 2.64. The zero-order valence-electron chi connectivity index (χ0n) is 10.7. The van der Waals surface area contributed by atoms with Crippen LogP contribution in [0.25, 0.3) is 16.6 Å². The van der Waals surface area contributed by atoms with Crippen molar-refractivity contribution in [2.24, 2.45) is 5.84 Å². The van der Waals surface area contributed by atoms with Gasteiger partial charge in [-0.15, -0.1) is 0 Å². The number of nitrogens with one attached hydrogen (secondary N) is 1. The number of rotatable bonds is 2. The minimum atomic E-state index is -0.220. The number of halogens is 2. The second kappa shape index (κ2) is 5.48. The average Bonchev–Trinajstić information content (AvgIpc) is 2.46. The molecule has 0 aliphatic carbocycles. The number of anilines is 1. The maximum Gasteiger partial charge on any atom is 0.267 e.